The SMILES string of the molecule is CCC(=O)N1CC[C@H](NC(=O)c2cc3cc(C)ccc3[nH]2)[C@H](NC(=O)c2nc3c(s2)CN(C)CC3)C1. The number of rotatable bonds is 5. The Balaban J connectivity index is 1.33. The smallest absolute Gasteiger partial charge is 0.280 e. The zero-order chi connectivity index (χ0) is 25.4. The van der Waals surface area contributed by atoms with Gasteiger partial charge in [0.2, 0.25) is 5.91 Å². The molecule has 4 heterocycles. The molecule has 1 fully saturated rings. The van der Waals surface area contributed by atoms with E-state index in [-0.39, 0.29) is 23.8 Å². The summed E-state index contributed by atoms with van der Waals surface area (Å²) in [5.74, 6) is -0.443. The number of aromatic amines is 1. The van der Waals surface area contributed by atoms with Gasteiger partial charge in [-0.05, 0) is 38.6 Å². The fourth-order valence-corrected chi connectivity index (χ4v) is 6.08. The second kappa shape index (κ2) is 10.0. The van der Waals surface area contributed by atoms with Crippen LogP contribution in [-0.2, 0) is 17.8 Å². The van der Waals surface area contributed by atoms with Crippen LogP contribution in [0.4, 0.5) is 0 Å². The zero-order valence-electron chi connectivity index (χ0n) is 20.9. The number of carbonyl (C=O) groups is 3. The second-order valence-corrected chi connectivity index (χ2v) is 10.9. The van der Waals surface area contributed by atoms with Gasteiger partial charge in [-0.2, -0.15) is 0 Å². The maximum Gasteiger partial charge on any atom is 0.280 e. The molecule has 1 saturated heterocycles. The van der Waals surface area contributed by atoms with Gasteiger partial charge in [0.15, 0.2) is 5.01 Å². The summed E-state index contributed by atoms with van der Waals surface area (Å²) in [6, 6.07) is 7.12. The van der Waals surface area contributed by atoms with Crippen molar-refractivity contribution in [1.82, 2.24) is 30.4 Å². The van der Waals surface area contributed by atoms with Crippen LogP contribution in [0.1, 0.15) is 56.2 Å². The number of benzene rings is 1. The first kappa shape index (κ1) is 24.5. The lowest BCUT2D eigenvalue weighted by atomic mass is 9.98. The van der Waals surface area contributed by atoms with Crippen LogP contribution in [0.25, 0.3) is 10.9 Å². The van der Waals surface area contributed by atoms with E-state index in [4.69, 9.17) is 0 Å². The number of aromatic nitrogens is 2. The fraction of sp³-hybridized carbons (Fsp3) is 0.462. The average molecular weight is 509 g/mol. The van der Waals surface area contributed by atoms with E-state index in [0.29, 0.717) is 36.6 Å². The van der Waals surface area contributed by atoms with Crippen molar-refractivity contribution in [3.05, 3.63) is 51.1 Å². The molecule has 0 spiro atoms. The van der Waals surface area contributed by atoms with Gasteiger partial charge in [0, 0.05) is 54.8 Å². The Morgan fingerprint density at radius 1 is 1.14 bits per heavy atom. The Morgan fingerprint density at radius 3 is 2.75 bits per heavy atom. The third-order valence-corrected chi connectivity index (χ3v) is 8.12. The highest BCUT2D eigenvalue weighted by Gasteiger charge is 2.34. The van der Waals surface area contributed by atoms with Crippen LogP contribution in [0.5, 0.6) is 0 Å². The van der Waals surface area contributed by atoms with Crippen LogP contribution >= 0.6 is 11.3 Å². The molecule has 36 heavy (non-hydrogen) atoms. The number of H-pyrrole nitrogens is 1. The standard InChI is InChI=1S/C26H32N6O3S/c1-4-23(33)32-10-8-18(28-24(34)20-12-16-11-15(2)5-6-17(16)27-20)21(13-32)29-25(35)26-30-19-7-9-31(3)14-22(19)36-26/h5-6,11-12,18,21,27H,4,7-10,13-14H2,1-3H3,(H,28,34)(H,29,35)/t18-,21+/m0/s1. The van der Waals surface area contributed by atoms with Gasteiger partial charge in [-0.15, -0.1) is 11.3 Å². The van der Waals surface area contributed by atoms with Crippen LogP contribution in [0.2, 0.25) is 0 Å². The molecule has 3 aromatic rings. The first-order chi connectivity index (χ1) is 17.3. The van der Waals surface area contributed by atoms with Crippen molar-refractivity contribution in [3.8, 4) is 0 Å². The number of aryl methyl sites for hydroxylation is 1. The Labute approximate surface area is 214 Å². The van der Waals surface area contributed by atoms with Crippen LogP contribution < -0.4 is 10.6 Å². The maximum atomic E-state index is 13.2. The van der Waals surface area contributed by atoms with E-state index in [1.54, 1.807) is 4.90 Å². The number of likely N-dealkylation sites (N-methyl/N-ethyl adjacent to an activating group) is 1. The van der Waals surface area contributed by atoms with Crippen LogP contribution in [0, 0.1) is 6.92 Å². The van der Waals surface area contributed by atoms with Crippen LogP contribution in [0.3, 0.4) is 0 Å². The number of fused-ring (bicyclic) bond motifs is 2. The lowest BCUT2D eigenvalue weighted by Crippen LogP contribution is -2.61. The molecule has 9 nitrogen and oxygen atoms in total. The molecule has 0 aliphatic carbocycles. The predicted molar refractivity (Wildman–Crippen MR) is 139 cm³/mol. The molecule has 10 heteroatoms. The second-order valence-electron chi connectivity index (χ2n) is 9.79. The first-order valence-corrected chi connectivity index (χ1v) is 13.3. The summed E-state index contributed by atoms with van der Waals surface area (Å²) < 4.78 is 0. The Hall–Kier alpha value is -3.24. The number of likely N-dealkylation sites (tertiary alicyclic amines) is 1. The van der Waals surface area contributed by atoms with Crippen molar-refractivity contribution in [3.63, 3.8) is 0 Å². The number of thiazole rings is 1. The summed E-state index contributed by atoms with van der Waals surface area (Å²) in [6.07, 6.45) is 1.79. The lowest BCUT2D eigenvalue weighted by Gasteiger charge is -2.39. The van der Waals surface area contributed by atoms with Gasteiger partial charge in [0.25, 0.3) is 11.8 Å². The van der Waals surface area contributed by atoms with E-state index in [2.05, 4.69) is 32.5 Å². The number of carbonyl (C=O) groups excluding carboxylic acids is 3. The Kier molecular flexibility index (Phi) is 6.81. The molecule has 0 bridgehead atoms. The normalized spacial score (nSPS) is 20.2. The molecule has 1 aromatic carbocycles. The molecule has 0 saturated carbocycles. The zero-order valence-corrected chi connectivity index (χ0v) is 21.7. The molecule has 0 unspecified atom stereocenters. The van der Waals surface area contributed by atoms with Gasteiger partial charge < -0.3 is 25.4 Å². The number of nitrogens with one attached hydrogen (secondary N) is 3. The number of hydrogen-bond acceptors (Lipinski definition) is 6. The highest BCUT2D eigenvalue weighted by atomic mass is 32.1. The minimum Gasteiger partial charge on any atom is -0.351 e. The molecular weight excluding hydrogens is 476 g/mol. The third kappa shape index (κ3) is 5.01. The van der Waals surface area contributed by atoms with E-state index >= 15 is 0 Å². The summed E-state index contributed by atoms with van der Waals surface area (Å²) in [5.41, 5.74) is 3.50. The highest BCUT2D eigenvalue weighted by molar-refractivity contribution is 7.13. The van der Waals surface area contributed by atoms with Gasteiger partial charge in [0.1, 0.15) is 5.69 Å². The molecule has 3 amide bonds. The molecule has 5 rings (SSSR count). The molecule has 190 valence electrons. The number of amides is 3. The summed E-state index contributed by atoms with van der Waals surface area (Å²) in [6.45, 7) is 6.46. The Bertz CT molecular complexity index is 1310. The summed E-state index contributed by atoms with van der Waals surface area (Å²) in [5, 5.41) is 7.60. The van der Waals surface area contributed by atoms with Crippen molar-refractivity contribution in [2.24, 2.45) is 0 Å². The van der Waals surface area contributed by atoms with E-state index < -0.39 is 6.04 Å². The van der Waals surface area contributed by atoms with Gasteiger partial charge >= 0.3 is 0 Å². The molecular formula is C26H32N6O3S. The molecule has 0 radical (unpaired) electrons. The first-order valence-electron chi connectivity index (χ1n) is 12.5. The lowest BCUT2D eigenvalue weighted by molar-refractivity contribution is -0.132. The molecule has 2 aliphatic rings. The van der Waals surface area contributed by atoms with E-state index in [9.17, 15) is 14.4 Å². The minimum absolute atomic E-state index is 0.0396. The average Bonchev–Trinajstić information content (AvgIpc) is 3.48. The van der Waals surface area contributed by atoms with Gasteiger partial charge in [-0.3, -0.25) is 14.4 Å². The molecule has 3 N–H and O–H groups in total. The molecule has 2 aliphatic heterocycles. The largest absolute Gasteiger partial charge is 0.351 e. The van der Waals surface area contributed by atoms with E-state index in [1.807, 2.05) is 38.1 Å². The molecule has 2 atom stereocenters. The maximum absolute atomic E-state index is 13.2. The summed E-state index contributed by atoms with van der Waals surface area (Å²) in [4.78, 5) is 51.7. The number of hydrogen-bond donors (Lipinski definition) is 3. The summed E-state index contributed by atoms with van der Waals surface area (Å²) >= 11 is 1.43. The van der Waals surface area contributed by atoms with Crippen LogP contribution in [-0.4, -0.2) is 76.3 Å². The van der Waals surface area contributed by atoms with Crippen LogP contribution in [0.15, 0.2) is 24.3 Å². The third-order valence-electron chi connectivity index (χ3n) is 7.04. The van der Waals surface area contributed by atoms with Crippen molar-refractivity contribution < 1.29 is 14.4 Å². The van der Waals surface area contributed by atoms with Crippen molar-refractivity contribution in [1.29, 1.82) is 0 Å². The van der Waals surface area contributed by atoms with E-state index in [1.165, 1.54) is 11.3 Å². The van der Waals surface area contributed by atoms with Gasteiger partial charge in [-0.25, -0.2) is 4.98 Å². The quantitative estimate of drug-likeness (QED) is 0.490. The van der Waals surface area contributed by atoms with Gasteiger partial charge in [-0.1, -0.05) is 18.6 Å². The van der Waals surface area contributed by atoms with Crippen molar-refractivity contribution >= 4 is 40.0 Å². The predicted octanol–water partition coefficient (Wildman–Crippen LogP) is 2.46. The fourth-order valence-electron chi connectivity index (χ4n) is 4.99. The molecule has 2 aromatic heterocycles. The highest BCUT2D eigenvalue weighted by Crippen LogP contribution is 2.25. The van der Waals surface area contributed by atoms with E-state index in [0.717, 1.165) is 46.5 Å². The van der Waals surface area contributed by atoms with Gasteiger partial charge in [0.05, 0.1) is 17.8 Å². The topological polar surface area (TPSA) is 110 Å². The minimum atomic E-state index is -0.416. The van der Waals surface area contributed by atoms with Crippen molar-refractivity contribution in [2.45, 2.75) is 51.7 Å². The number of nitrogens with zero attached hydrogens (tertiary/aromatic N) is 3. The monoisotopic (exact) mass is 508 g/mol. The van der Waals surface area contributed by atoms with Crippen molar-refractivity contribution in [2.75, 3.05) is 26.7 Å². The summed E-state index contributed by atoms with van der Waals surface area (Å²) in [7, 11) is 2.06. The Morgan fingerprint density at radius 2 is 1.94 bits per heavy atom. The number of piperidine rings is 1.